The molecule has 1 fully saturated rings. The van der Waals surface area contributed by atoms with Crippen molar-refractivity contribution in [1.29, 1.82) is 0 Å². The average molecular weight is 449 g/mol. The number of aromatic hydroxyl groups is 1. The number of aromatic nitrogens is 3. The maximum Gasteiger partial charge on any atom is 0.265 e. The van der Waals surface area contributed by atoms with Gasteiger partial charge in [0.2, 0.25) is 11.0 Å². The third kappa shape index (κ3) is 3.50. The Hall–Kier alpha value is -3.72. The number of hydrogen-bond acceptors (Lipinski definition) is 8. The highest BCUT2D eigenvalue weighted by Crippen LogP contribution is 2.42. The summed E-state index contributed by atoms with van der Waals surface area (Å²) in [5, 5.41) is 22.0. The fraction of sp³-hybridized carbons (Fsp3) is 0.217. The Balaban J connectivity index is 1.67. The Labute approximate surface area is 187 Å². The quantitative estimate of drug-likeness (QED) is 0.444. The lowest BCUT2D eigenvalue weighted by atomic mass is 10.1. The molecule has 0 unspecified atom stereocenters. The van der Waals surface area contributed by atoms with Crippen molar-refractivity contribution in [2.75, 3.05) is 14.2 Å². The number of rotatable bonds is 6. The number of methoxy groups -OCH3 is 2. The second-order valence-electron chi connectivity index (χ2n) is 7.42. The zero-order valence-corrected chi connectivity index (χ0v) is 18.3. The first kappa shape index (κ1) is 20.2. The van der Waals surface area contributed by atoms with Gasteiger partial charge in [-0.2, -0.15) is 0 Å². The first-order valence-corrected chi connectivity index (χ1v) is 10.9. The van der Waals surface area contributed by atoms with Crippen LogP contribution in [-0.4, -0.2) is 40.3 Å². The number of nitrogens with zero attached hydrogens (tertiary/aromatic N) is 4. The van der Waals surface area contributed by atoms with Crippen molar-refractivity contribution in [3.05, 3.63) is 63.4 Å². The highest BCUT2D eigenvalue weighted by molar-refractivity contribution is 7.15. The van der Waals surface area contributed by atoms with Crippen LogP contribution in [0.2, 0.25) is 0 Å². The second-order valence-corrected chi connectivity index (χ2v) is 8.41. The van der Waals surface area contributed by atoms with Crippen LogP contribution in [0.1, 0.15) is 29.3 Å². The van der Waals surface area contributed by atoms with E-state index >= 15 is 0 Å². The van der Waals surface area contributed by atoms with E-state index in [0.717, 1.165) is 17.8 Å². The lowest BCUT2D eigenvalue weighted by Crippen LogP contribution is -2.20. The van der Waals surface area contributed by atoms with Crippen LogP contribution in [0.4, 0.5) is 5.13 Å². The normalized spacial score (nSPS) is 13.7. The fourth-order valence-corrected chi connectivity index (χ4v) is 4.44. The highest BCUT2D eigenvalue weighted by atomic mass is 32.1. The van der Waals surface area contributed by atoms with Gasteiger partial charge in [0, 0.05) is 29.0 Å². The van der Waals surface area contributed by atoms with Gasteiger partial charge in [0.1, 0.15) is 5.01 Å². The summed E-state index contributed by atoms with van der Waals surface area (Å²) < 4.78 is 11.9. The van der Waals surface area contributed by atoms with Gasteiger partial charge in [-0.05, 0) is 31.0 Å². The lowest BCUT2D eigenvalue weighted by Gasteiger charge is -2.15. The summed E-state index contributed by atoms with van der Waals surface area (Å²) in [6, 6.07) is 12.1. The first-order valence-electron chi connectivity index (χ1n) is 10.1. The molecule has 0 spiro atoms. The summed E-state index contributed by atoms with van der Waals surface area (Å²) in [7, 11) is 3.05. The molecule has 32 heavy (non-hydrogen) atoms. The maximum atomic E-state index is 13.3. The summed E-state index contributed by atoms with van der Waals surface area (Å²) in [5.74, 6) is 1.24. The van der Waals surface area contributed by atoms with Crippen LogP contribution in [0.15, 0.2) is 52.3 Å². The standard InChI is InChI=1S/C23H20N4O4S/c1-30-18-10-9-14(11-19(18)31-2)27-21(28)16-6-4-3-5-15(16)17(22(27)29)12-24-23-26-25-20(32-23)13-7-8-13/h3-6,9-13,29H,7-8H2,1-2H3. The zero-order chi connectivity index (χ0) is 22.2. The molecule has 2 aromatic heterocycles. The van der Waals surface area contributed by atoms with Crippen LogP contribution >= 0.6 is 11.3 Å². The second kappa shape index (κ2) is 8.08. The van der Waals surface area contributed by atoms with E-state index in [1.54, 1.807) is 36.4 Å². The van der Waals surface area contributed by atoms with E-state index in [9.17, 15) is 9.90 Å². The SMILES string of the molecule is COc1ccc(-n2c(O)c(C=Nc3nnc(C4CC4)s3)c3ccccc3c2=O)cc1OC. The van der Waals surface area contributed by atoms with Gasteiger partial charge in [-0.15, -0.1) is 10.2 Å². The fourth-order valence-electron chi connectivity index (χ4n) is 3.59. The summed E-state index contributed by atoms with van der Waals surface area (Å²) in [4.78, 5) is 17.7. The minimum Gasteiger partial charge on any atom is -0.494 e. The molecule has 1 saturated carbocycles. The minimum atomic E-state index is -0.352. The lowest BCUT2D eigenvalue weighted by molar-refractivity contribution is 0.354. The summed E-state index contributed by atoms with van der Waals surface area (Å²) in [5.41, 5.74) is 0.505. The van der Waals surface area contributed by atoms with Crippen molar-refractivity contribution in [2.24, 2.45) is 4.99 Å². The molecule has 0 radical (unpaired) electrons. The number of ether oxygens (including phenoxy) is 2. The van der Waals surface area contributed by atoms with E-state index in [2.05, 4.69) is 15.2 Å². The van der Waals surface area contributed by atoms with Crippen LogP contribution < -0.4 is 15.0 Å². The van der Waals surface area contributed by atoms with E-state index in [4.69, 9.17) is 9.47 Å². The van der Waals surface area contributed by atoms with Gasteiger partial charge in [0.15, 0.2) is 11.5 Å². The molecule has 8 nitrogen and oxygen atoms in total. The Morgan fingerprint density at radius 2 is 1.84 bits per heavy atom. The van der Waals surface area contributed by atoms with E-state index in [1.807, 2.05) is 6.07 Å². The molecule has 2 aromatic carbocycles. The highest BCUT2D eigenvalue weighted by Gasteiger charge is 2.27. The monoisotopic (exact) mass is 448 g/mol. The number of hydrogen-bond donors (Lipinski definition) is 1. The Kier molecular flexibility index (Phi) is 5.10. The van der Waals surface area contributed by atoms with Crippen molar-refractivity contribution >= 4 is 33.5 Å². The van der Waals surface area contributed by atoms with Crippen molar-refractivity contribution in [3.8, 4) is 23.1 Å². The molecule has 2 heterocycles. The van der Waals surface area contributed by atoms with Gasteiger partial charge in [-0.3, -0.25) is 4.79 Å². The van der Waals surface area contributed by atoms with Crippen molar-refractivity contribution < 1.29 is 14.6 Å². The van der Waals surface area contributed by atoms with E-state index in [1.165, 1.54) is 36.3 Å². The molecule has 0 aliphatic heterocycles. The van der Waals surface area contributed by atoms with E-state index in [-0.39, 0.29) is 11.4 Å². The molecule has 5 rings (SSSR count). The van der Waals surface area contributed by atoms with Gasteiger partial charge in [0.05, 0.1) is 25.5 Å². The van der Waals surface area contributed by atoms with Gasteiger partial charge in [-0.25, -0.2) is 9.56 Å². The molecular formula is C23H20N4O4S. The largest absolute Gasteiger partial charge is 0.494 e. The Bertz CT molecular complexity index is 1410. The Morgan fingerprint density at radius 3 is 2.56 bits per heavy atom. The van der Waals surface area contributed by atoms with Crippen LogP contribution in [-0.2, 0) is 0 Å². The van der Waals surface area contributed by atoms with Gasteiger partial charge in [-0.1, -0.05) is 29.5 Å². The van der Waals surface area contributed by atoms with E-state index < -0.39 is 0 Å². The van der Waals surface area contributed by atoms with Crippen LogP contribution in [0.3, 0.4) is 0 Å². The molecule has 4 aromatic rings. The van der Waals surface area contributed by atoms with Crippen LogP contribution in [0, 0.1) is 0 Å². The summed E-state index contributed by atoms with van der Waals surface area (Å²) in [6.45, 7) is 0. The third-order valence-corrected chi connectivity index (χ3v) is 6.38. The predicted molar refractivity (Wildman–Crippen MR) is 123 cm³/mol. The molecular weight excluding hydrogens is 428 g/mol. The smallest absolute Gasteiger partial charge is 0.265 e. The van der Waals surface area contributed by atoms with Crippen LogP contribution in [0.5, 0.6) is 17.4 Å². The van der Waals surface area contributed by atoms with Crippen LogP contribution in [0.25, 0.3) is 16.5 Å². The number of pyridine rings is 1. The molecule has 9 heteroatoms. The molecule has 1 aliphatic rings. The molecule has 0 amide bonds. The number of aliphatic imine (C=N–C) groups is 1. The van der Waals surface area contributed by atoms with Crippen molar-refractivity contribution in [1.82, 2.24) is 14.8 Å². The van der Waals surface area contributed by atoms with Gasteiger partial charge in [0.25, 0.3) is 5.56 Å². The molecule has 0 atom stereocenters. The third-order valence-electron chi connectivity index (χ3n) is 5.39. The van der Waals surface area contributed by atoms with Crippen molar-refractivity contribution in [2.45, 2.75) is 18.8 Å². The van der Waals surface area contributed by atoms with Gasteiger partial charge >= 0.3 is 0 Å². The Morgan fingerprint density at radius 1 is 1.09 bits per heavy atom. The first-order chi connectivity index (χ1) is 15.6. The summed E-state index contributed by atoms with van der Waals surface area (Å²) >= 11 is 1.45. The summed E-state index contributed by atoms with van der Waals surface area (Å²) in [6.07, 6.45) is 3.81. The predicted octanol–water partition coefficient (Wildman–Crippen LogP) is 4.19. The minimum absolute atomic E-state index is 0.225. The number of benzene rings is 2. The molecule has 1 N–H and O–H groups in total. The maximum absolute atomic E-state index is 13.3. The van der Waals surface area contributed by atoms with Gasteiger partial charge < -0.3 is 14.6 Å². The molecule has 0 saturated heterocycles. The molecule has 162 valence electrons. The molecule has 1 aliphatic carbocycles. The average Bonchev–Trinajstić information content (AvgIpc) is 3.57. The van der Waals surface area contributed by atoms with Crippen molar-refractivity contribution in [3.63, 3.8) is 0 Å². The molecule has 0 bridgehead atoms. The topological polar surface area (TPSA) is 98.8 Å². The van der Waals surface area contributed by atoms with E-state index in [0.29, 0.717) is 44.6 Å². The number of fused-ring (bicyclic) bond motifs is 1. The zero-order valence-electron chi connectivity index (χ0n) is 17.5.